The van der Waals surface area contributed by atoms with Gasteiger partial charge in [0.2, 0.25) is 5.91 Å². The SMILES string of the molecule is Cc1cccc2c1[C@H](C(=O)NCc1ccccc1)[C@@]13CC(=O)[C@@](C)(CC[C@H]21)C3. The molecule has 1 N–H and O–H groups in total. The topological polar surface area (TPSA) is 46.2 Å². The van der Waals surface area contributed by atoms with Crippen molar-refractivity contribution < 1.29 is 9.59 Å². The number of carbonyl (C=O) groups excluding carboxylic acids is 2. The van der Waals surface area contributed by atoms with Crippen LogP contribution in [0.25, 0.3) is 0 Å². The van der Waals surface area contributed by atoms with Gasteiger partial charge in [-0.3, -0.25) is 9.59 Å². The van der Waals surface area contributed by atoms with Gasteiger partial charge in [0.05, 0.1) is 5.92 Å². The molecule has 2 aromatic rings. The first kappa shape index (κ1) is 17.7. The molecule has 1 amide bonds. The van der Waals surface area contributed by atoms with Crippen LogP contribution in [-0.2, 0) is 16.1 Å². The minimum Gasteiger partial charge on any atom is -0.351 e. The molecule has 3 aliphatic carbocycles. The van der Waals surface area contributed by atoms with Crippen molar-refractivity contribution in [1.29, 1.82) is 0 Å². The standard InChI is InChI=1S/C25H27NO2/c1-16-7-6-10-18-19-11-12-24(2)15-25(19,13-20(24)27)22(21(16)18)23(28)26-14-17-8-4-3-5-9-17/h3-10,19,22H,11-15H2,1-2H3,(H,26,28)/t19-,22-,24+,25-/m1/s1. The molecule has 2 bridgehead atoms. The zero-order valence-electron chi connectivity index (χ0n) is 16.6. The molecule has 3 aliphatic rings. The first-order valence-corrected chi connectivity index (χ1v) is 10.4. The summed E-state index contributed by atoms with van der Waals surface area (Å²) in [4.78, 5) is 26.5. The summed E-state index contributed by atoms with van der Waals surface area (Å²) in [5, 5.41) is 3.20. The average molecular weight is 373 g/mol. The summed E-state index contributed by atoms with van der Waals surface area (Å²) in [5.74, 6) is 0.556. The fourth-order valence-corrected chi connectivity index (χ4v) is 6.46. The van der Waals surface area contributed by atoms with Crippen molar-refractivity contribution in [2.75, 3.05) is 0 Å². The van der Waals surface area contributed by atoms with Crippen LogP contribution in [0.3, 0.4) is 0 Å². The maximum absolute atomic E-state index is 13.6. The lowest BCUT2D eigenvalue weighted by atomic mass is 9.60. The molecule has 0 aliphatic heterocycles. The number of nitrogens with one attached hydrogen (secondary N) is 1. The van der Waals surface area contributed by atoms with Gasteiger partial charge in [-0.2, -0.15) is 0 Å². The van der Waals surface area contributed by atoms with E-state index in [2.05, 4.69) is 37.4 Å². The van der Waals surface area contributed by atoms with E-state index in [1.54, 1.807) is 0 Å². The number of hydrogen-bond donors (Lipinski definition) is 1. The molecule has 2 saturated carbocycles. The van der Waals surface area contributed by atoms with Crippen molar-refractivity contribution in [3.05, 3.63) is 70.8 Å². The number of fused-ring (bicyclic) bond motifs is 3. The number of ketones is 1. The Balaban J connectivity index is 1.55. The van der Waals surface area contributed by atoms with E-state index in [1.165, 1.54) is 16.7 Å². The molecule has 28 heavy (non-hydrogen) atoms. The number of amides is 1. The maximum atomic E-state index is 13.6. The Morgan fingerprint density at radius 2 is 1.93 bits per heavy atom. The van der Waals surface area contributed by atoms with Crippen LogP contribution in [0, 0.1) is 17.8 Å². The average Bonchev–Trinajstić information content (AvgIpc) is 3.07. The van der Waals surface area contributed by atoms with Crippen molar-refractivity contribution >= 4 is 11.7 Å². The number of hydrogen-bond acceptors (Lipinski definition) is 2. The minimum absolute atomic E-state index is 0.0841. The largest absolute Gasteiger partial charge is 0.351 e. The Morgan fingerprint density at radius 3 is 2.71 bits per heavy atom. The van der Waals surface area contributed by atoms with Crippen molar-refractivity contribution in [1.82, 2.24) is 5.32 Å². The molecule has 4 atom stereocenters. The summed E-state index contributed by atoms with van der Waals surface area (Å²) < 4.78 is 0. The first-order valence-electron chi connectivity index (χ1n) is 10.4. The van der Waals surface area contributed by atoms with Crippen LogP contribution in [0.5, 0.6) is 0 Å². The highest BCUT2D eigenvalue weighted by Crippen LogP contribution is 2.71. The third kappa shape index (κ3) is 2.35. The molecular weight excluding hydrogens is 346 g/mol. The number of carbonyl (C=O) groups is 2. The zero-order chi connectivity index (χ0) is 19.5. The van der Waals surface area contributed by atoms with Crippen LogP contribution < -0.4 is 5.32 Å². The van der Waals surface area contributed by atoms with E-state index in [0.29, 0.717) is 24.7 Å². The predicted octanol–water partition coefficient (Wildman–Crippen LogP) is 4.64. The quantitative estimate of drug-likeness (QED) is 0.852. The molecule has 1 spiro atoms. The molecule has 0 aromatic heterocycles. The summed E-state index contributed by atoms with van der Waals surface area (Å²) in [6.45, 7) is 4.76. The van der Waals surface area contributed by atoms with Crippen molar-refractivity contribution in [3.63, 3.8) is 0 Å². The van der Waals surface area contributed by atoms with Gasteiger partial charge in [-0.05, 0) is 54.4 Å². The Morgan fingerprint density at radius 1 is 1.14 bits per heavy atom. The molecule has 3 nitrogen and oxygen atoms in total. The zero-order valence-corrected chi connectivity index (χ0v) is 16.6. The Labute approximate surface area is 166 Å². The summed E-state index contributed by atoms with van der Waals surface area (Å²) in [5.41, 5.74) is 4.31. The lowest BCUT2D eigenvalue weighted by Crippen LogP contribution is -2.40. The number of benzene rings is 2. The number of rotatable bonds is 3. The van der Waals surface area contributed by atoms with Crippen LogP contribution in [0.4, 0.5) is 0 Å². The van der Waals surface area contributed by atoms with Crippen LogP contribution in [0.15, 0.2) is 48.5 Å². The van der Waals surface area contributed by atoms with E-state index in [1.807, 2.05) is 30.3 Å². The second kappa shape index (κ2) is 6.04. The highest BCUT2D eigenvalue weighted by molar-refractivity contribution is 5.94. The van der Waals surface area contributed by atoms with Crippen molar-refractivity contribution in [3.8, 4) is 0 Å². The number of aryl methyl sites for hydroxylation is 1. The highest BCUT2D eigenvalue weighted by atomic mass is 16.2. The molecular formula is C25H27NO2. The van der Waals surface area contributed by atoms with E-state index >= 15 is 0 Å². The van der Waals surface area contributed by atoms with E-state index in [-0.39, 0.29) is 22.7 Å². The Bertz CT molecular complexity index is 966. The van der Waals surface area contributed by atoms with Crippen molar-refractivity contribution in [2.24, 2.45) is 10.8 Å². The molecule has 0 heterocycles. The molecule has 2 fully saturated rings. The summed E-state index contributed by atoms with van der Waals surface area (Å²) in [7, 11) is 0. The molecule has 0 unspecified atom stereocenters. The van der Waals surface area contributed by atoms with E-state index < -0.39 is 0 Å². The second-order valence-electron chi connectivity index (χ2n) is 9.38. The van der Waals surface area contributed by atoms with E-state index in [0.717, 1.165) is 24.8 Å². The fourth-order valence-electron chi connectivity index (χ4n) is 6.46. The van der Waals surface area contributed by atoms with Gasteiger partial charge in [0.25, 0.3) is 0 Å². The number of Topliss-reactive ketones (excluding diaryl/α,β-unsaturated/α-hetero) is 1. The van der Waals surface area contributed by atoms with Gasteiger partial charge in [0, 0.05) is 23.8 Å². The normalized spacial score (nSPS) is 32.7. The van der Waals surface area contributed by atoms with Crippen LogP contribution >= 0.6 is 0 Å². The smallest absolute Gasteiger partial charge is 0.228 e. The van der Waals surface area contributed by atoms with Gasteiger partial charge in [-0.25, -0.2) is 0 Å². The molecule has 0 saturated heterocycles. The van der Waals surface area contributed by atoms with Crippen LogP contribution in [0.2, 0.25) is 0 Å². The summed E-state index contributed by atoms with van der Waals surface area (Å²) in [6.07, 6.45) is 3.36. The minimum atomic E-state index is -0.246. The van der Waals surface area contributed by atoms with E-state index in [9.17, 15) is 9.59 Å². The van der Waals surface area contributed by atoms with E-state index in [4.69, 9.17) is 0 Å². The van der Waals surface area contributed by atoms with Gasteiger partial charge in [-0.1, -0.05) is 55.5 Å². The summed E-state index contributed by atoms with van der Waals surface area (Å²) >= 11 is 0. The van der Waals surface area contributed by atoms with Gasteiger partial charge in [0.1, 0.15) is 5.78 Å². The van der Waals surface area contributed by atoms with Crippen molar-refractivity contribution in [2.45, 2.75) is 57.9 Å². The van der Waals surface area contributed by atoms with Crippen LogP contribution in [-0.4, -0.2) is 11.7 Å². The Hall–Kier alpha value is -2.42. The fraction of sp³-hybridized carbons (Fsp3) is 0.440. The predicted molar refractivity (Wildman–Crippen MR) is 109 cm³/mol. The molecule has 2 aromatic carbocycles. The van der Waals surface area contributed by atoms with Gasteiger partial charge in [-0.15, -0.1) is 0 Å². The third-order valence-corrected chi connectivity index (χ3v) is 7.73. The molecule has 144 valence electrons. The van der Waals surface area contributed by atoms with Gasteiger partial charge < -0.3 is 5.32 Å². The Kier molecular flexibility index (Phi) is 3.81. The maximum Gasteiger partial charge on any atom is 0.228 e. The summed E-state index contributed by atoms with van der Waals surface area (Å²) in [6, 6.07) is 16.5. The first-order chi connectivity index (χ1) is 13.4. The molecule has 0 radical (unpaired) electrons. The lowest BCUT2D eigenvalue weighted by molar-refractivity contribution is -0.126. The van der Waals surface area contributed by atoms with Gasteiger partial charge >= 0.3 is 0 Å². The monoisotopic (exact) mass is 373 g/mol. The second-order valence-corrected chi connectivity index (χ2v) is 9.38. The molecule has 5 rings (SSSR count). The lowest BCUT2D eigenvalue weighted by Gasteiger charge is -2.42. The van der Waals surface area contributed by atoms with Gasteiger partial charge in [0.15, 0.2) is 0 Å². The van der Waals surface area contributed by atoms with Crippen LogP contribution in [0.1, 0.15) is 66.7 Å². The highest BCUT2D eigenvalue weighted by Gasteiger charge is 2.66. The third-order valence-electron chi connectivity index (χ3n) is 7.73. The molecule has 3 heteroatoms.